The summed E-state index contributed by atoms with van der Waals surface area (Å²) in [5.41, 5.74) is 1.70. The van der Waals surface area contributed by atoms with Crippen LogP contribution in [0.25, 0.3) is 0 Å². The van der Waals surface area contributed by atoms with Crippen LogP contribution in [0.5, 0.6) is 0 Å². The van der Waals surface area contributed by atoms with Crippen molar-refractivity contribution in [2.24, 2.45) is 11.3 Å². The van der Waals surface area contributed by atoms with Gasteiger partial charge in [0.2, 0.25) is 0 Å². The fraction of sp³-hybridized carbons (Fsp3) is 0.824. The van der Waals surface area contributed by atoms with Crippen molar-refractivity contribution in [3.05, 3.63) is 16.1 Å². The summed E-state index contributed by atoms with van der Waals surface area (Å²) in [6, 6.07) is 0. The van der Waals surface area contributed by atoms with Crippen molar-refractivity contribution in [3.63, 3.8) is 0 Å². The van der Waals surface area contributed by atoms with Crippen LogP contribution in [-0.4, -0.2) is 18.1 Å². The molecule has 0 aromatic carbocycles. The summed E-state index contributed by atoms with van der Waals surface area (Å²) in [6.07, 6.45) is 2.28. The lowest BCUT2D eigenvalue weighted by atomic mass is 9.79. The lowest BCUT2D eigenvalue weighted by Crippen LogP contribution is -2.33. The van der Waals surface area contributed by atoms with Crippen LogP contribution in [0.2, 0.25) is 0 Å². The van der Waals surface area contributed by atoms with E-state index in [1.165, 1.54) is 17.1 Å². The number of hydrogen-bond acceptors (Lipinski definition) is 3. The van der Waals surface area contributed by atoms with Gasteiger partial charge in [0.15, 0.2) is 0 Å². The summed E-state index contributed by atoms with van der Waals surface area (Å²) in [6.45, 7) is 18.1. The van der Waals surface area contributed by atoms with E-state index in [1.807, 2.05) is 11.3 Å². The molecule has 1 aromatic heterocycles. The summed E-state index contributed by atoms with van der Waals surface area (Å²) in [4.78, 5) is 4.85. The topological polar surface area (TPSA) is 24.9 Å². The predicted molar refractivity (Wildman–Crippen MR) is 90.6 cm³/mol. The molecule has 0 amide bonds. The van der Waals surface area contributed by atoms with Crippen LogP contribution < -0.4 is 5.32 Å². The molecule has 1 unspecified atom stereocenters. The van der Waals surface area contributed by atoms with E-state index in [4.69, 9.17) is 4.98 Å². The minimum Gasteiger partial charge on any atom is -0.316 e. The molecule has 0 aliphatic heterocycles. The smallest absolute Gasteiger partial charge is 0.0931 e. The SMILES string of the molecule is CCCNCC(Cc1nc(C(C)(C)C)cs1)C(C)(C)C. The van der Waals surface area contributed by atoms with Gasteiger partial charge in [0, 0.05) is 17.2 Å². The third-order valence-electron chi connectivity index (χ3n) is 3.78. The van der Waals surface area contributed by atoms with E-state index in [-0.39, 0.29) is 5.41 Å². The summed E-state index contributed by atoms with van der Waals surface area (Å²) < 4.78 is 0. The van der Waals surface area contributed by atoms with Crippen molar-refractivity contribution < 1.29 is 0 Å². The Morgan fingerprint density at radius 1 is 1.20 bits per heavy atom. The monoisotopic (exact) mass is 296 g/mol. The van der Waals surface area contributed by atoms with E-state index in [1.54, 1.807) is 0 Å². The first-order chi connectivity index (χ1) is 9.14. The van der Waals surface area contributed by atoms with Crippen molar-refractivity contribution in [2.75, 3.05) is 13.1 Å². The Morgan fingerprint density at radius 2 is 1.85 bits per heavy atom. The maximum absolute atomic E-state index is 4.85. The Balaban J connectivity index is 2.72. The molecule has 0 spiro atoms. The normalized spacial score (nSPS) is 14.6. The Hall–Kier alpha value is -0.410. The molecule has 2 nitrogen and oxygen atoms in total. The van der Waals surface area contributed by atoms with Crippen LogP contribution in [0.1, 0.15) is 65.6 Å². The van der Waals surface area contributed by atoms with Crippen LogP contribution in [-0.2, 0) is 11.8 Å². The van der Waals surface area contributed by atoms with Crippen LogP contribution in [0.15, 0.2) is 5.38 Å². The van der Waals surface area contributed by atoms with E-state index in [2.05, 4.69) is 59.2 Å². The van der Waals surface area contributed by atoms with E-state index in [9.17, 15) is 0 Å². The number of rotatable bonds is 6. The second kappa shape index (κ2) is 7.04. The lowest BCUT2D eigenvalue weighted by molar-refractivity contribution is 0.230. The molecule has 1 heterocycles. The fourth-order valence-electron chi connectivity index (χ4n) is 2.10. The van der Waals surface area contributed by atoms with Gasteiger partial charge in [-0.1, -0.05) is 48.5 Å². The fourth-order valence-corrected chi connectivity index (χ4v) is 3.20. The number of aromatic nitrogens is 1. The standard InChI is InChI=1S/C17H32N2S/c1-8-9-18-11-13(16(2,3)4)10-15-19-14(12-20-15)17(5,6)7/h12-13,18H,8-11H2,1-7H3. The first-order valence-electron chi connectivity index (χ1n) is 7.80. The van der Waals surface area contributed by atoms with Gasteiger partial charge in [-0.15, -0.1) is 11.3 Å². The molecule has 0 radical (unpaired) electrons. The van der Waals surface area contributed by atoms with Gasteiger partial charge in [-0.3, -0.25) is 0 Å². The minimum absolute atomic E-state index is 0.159. The quantitative estimate of drug-likeness (QED) is 0.773. The molecule has 20 heavy (non-hydrogen) atoms. The third-order valence-corrected chi connectivity index (χ3v) is 4.65. The average Bonchev–Trinajstić information content (AvgIpc) is 2.75. The number of nitrogens with one attached hydrogen (secondary N) is 1. The van der Waals surface area contributed by atoms with Crippen LogP contribution in [0.4, 0.5) is 0 Å². The van der Waals surface area contributed by atoms with Crippen molar-refractivity contribution in [3.8, 4) is 0 Å². The van der Waals surface area contributed by atoms with Gasteiger partial charge in [0.05, 0.1) is 10.7 Å². The molecular weight excluding hydrogens is 264 g/mol. The highest BCUT2D eigenvalue weighted by molar-refractivity contribution is 7.09. The molecule has 1 atom stereocenters. The maximum atomic E-state index is 4.85. The Morgan fingerprint density at radius 3 is 2.30 bits per heavy atom. The molecule has 1 rings (SSSR count). The largest absolute Gasteiger partial charge is 0.316 e. The van der Waals surface area contributed by atoms with Crippen LogP contribution in [0.3, 0.4) is 0 Å². The zero-order valence-corrected chi connectivity index (χ0v) is 15.2. The Kier molecular flexibility index (Phi) is 6.21. The van der Waals surface area contributed by atoms with Gasteiger partial charge in [-0.05, 0) is 30.8 Å². The van der Waals surface area contributed by atoms with Gasteiger partial charge in [-0.2, -0.15) is 0 Å². The second-order valence-electron chi connectivity index (χ2n) is 7.85. The maximum Gasteiger partial charge on any atom is 0.0931 e. The van der Waals surface area contributed by atoms with Crippen molar-refractivity contribution in [1.29, 1.82) is 0 Å². The Labute approximate surface area is 129 Å². The first kappa shape index (κ1) is 17.6. The molecule has 0 saturated heterocycles. The molecule has 1 aromatic rings. The zero-order valence-electron chi connectivity index (χ0n) is 14.3. The first-order valence-corrected chi connectivity index (χ1v) is 8.68. The van der Waals surface area contributed by atoms with E-state index < -0.39 is 0 Å². The third kappa shape index (κ3) is 5.53. The van der Waals surface area contributed by atoms with Crippen LogP contribution >= 0.6 is 11.3 Å². The Bertz CT molecular complexity index is 396. The van der Waals surface area contributed by atoms with Crippen molar-refractivity contribution in [1.82, 2.24) is 10.3 Å². The highest BCUT2D eigenvalue weighted by Gasteiger charge is 2.26. The highest BCUT2D eigenvalue weighted by atomic mass is 32.1. The molecule has 0 aliphatic rings. The van der Waals surface area contributed by atoms with E-state index >= 15 is 0 Å². The molecule has 0 bridgehead atoms. The second-order valence-corrected chi connectivity index (χ2v) is 8.79. The van der Waals surface area contributed by atoms with Gasteiger partial charge in [0.25, 0.3) is 0 Å². The van der Waals surface area contributed by atoms with Gasteiger partial charge in [0.1, 0.15) is 0 Å². The van der Waals surface area contributed by atoms with Crippen molar-refractivity contribution in [2.45, 2.75) is 66.7 Å². The molecule has 0 fully saturated rings. The molecule has 116 valence electrons. The number of thiazole rings is 1. The molecule has 0 aliphatic carbocycles. The summed E-state index contributed by atoms with van der Waals surface area (Å²) in [5.74, 6) is 0.632. The highest BCUT2D eigenvalue weighted by Crippen LogP contribution is 2.31. The molecular formula is C17H32N2S. The zero-order chi connectivity index (χ0) is 15.4. The summed E-state index contributed by atoms with van der Waals surface area (Å²) >= 11 is 1.82. The van der Waals surface area contributed by atoms with Crippen molar-refractivity contribution >= 4 is 11.3 Å². The molecule has 0 saturated carbocycles. The van der Waals surface area contributed by atoms with Gasteiger partial charge < -0.3 is 5.32 Å². The molecule has 1 N–H and O–H groups in total. The van der Waals surface area contributed by atoms with Gasteiger partial charge >= 0.3 is 0 Å². The van der Waals surface area contributed by atoms with Crippen LogP contribution in [0, 0.1) is 11.3 Å². The number of nitrogens with zero attached hydrogens (tertiary/aromatic N) is 1. The summed E-state index contributed by atoms with van der Waals surface area (Å²) in [7, 11) is 0. The average molecular weight is 297 g/mol. The lowest BCUT2D eigenvalue weighted by Gasteiger charge is -2.30. The minimum atomic E-state index is 0.159. The van der Waals surface area contributed by atoms with Gasteiger partial charge in [-0.25, -0.2) is 4.98 Å². The van der Waals surface area contributed by atoms with E-state index in [0.29, 0.717) is 11.3 Å². The van der Waals surface area contributed by atoms with E-state index in [0.717, 1.165) is 19.5 Å². The number of hydrogen-bond donors (Lipinski definition) is 1. The predicted octanol–water partition coefficient (Wildman–Crippen LogP) is 4.65. The summed E-state index contributed by atoms with van der Waals surface area (Å²) in [5, 5.41) is 7.09. The molecule has 3 heteroatoms.